The van der Waals surface area contributed by atoms with E-state index in [2.05, 4.69) is 34.5 Å². The lowest BCUT2D eigenvalue weighted by molar-refractivity contribution is -0.122. The maximum Gasteiger partial charge on any atom is 0.282 e. The summed E-state index contributed by atoms with van der Waals surface area (Å²) in [6.07, 6.45) is 0.973. The van der Waals surface area contributed by atoms with Gasteiger partial charge in [0.2, 0.25) is 5.91 Å². The van der Waals surface area contributed by atoms with E-state index in [1.54, 1.807) is 4.90 Å². The van der Waals surface area contributed by atoms with Crippen molar-refractivity contribution in [1.82, 2.24) is 15.1 Å². The lowest BCUT2D eigenvalue weighted by Crippen LogP contribution is -2.43. The number of nitrogens with zero attached hydrogens (tertiary/aromatic N) is 2. The van der Waals surface area contributed by atoms with Gasteiger partial charge in [0.1, 0.15) is 6.54 Å². The quantitative estimate of drug-likeness (QED) is 0.894. The number of thioether (sulfide) groups is 1. The van der Waals surface area contributed by atoms with Crippen molar-refractivity contribution in [2.75, 3.05) is 31.9 Å². The fourth-order valence-electron chi connectivity index (χ4n) is 2.95. The molecule has 22 heavy (non-hydrogen) atoms. The number of amides is 2. The summed E-state index contributed by atoms with van der Waals surface area (Å²) >= 11 is 1.29. The summed E-state index contributed by atoms with van der Waals surface area (Å²) in [5.41, 5.74) is 1.30. The molecule has 0 bridgehead atoms. The third-order valence-electron chi connectivity index (χ3n) is 4.07. The molecule has 0 spiro atoms. The first-order chi connectivity index (χ1) is 10.7. The molecule has 3 rings (SSSR count). The molecule has 1 N–H and O–H groups in total. The van der Waals surface area contributed by atoms with Crippen LogP contribution in [0.25, 0.3) is 0 Å². The van der Waals surface area contributed by atoms with E-state index in [0.29, 0.717) is 6.54 Å². The average molecular weight is 319 g/mol. The highest BCUT2D eigenvalue weighted by Gasteiger charge is 2.27. The molecule has 2 heterocycles. The van der Waals surface area contributed by atoms with Crippen LogP contribution in [0.5, 0.6) is 0 Å². The second kappa shape index (κ2) is 7.15. The molecule has 2 saturated heterocycles. The van der Waals surface area contributed by atoms with Gasteiger partial charge in [0.25, 0.3) is 5.24 Å². The van der Waals surface area contributed by atoms with E-state index in [0.717, 1.165) is 31.8 Å². The molecule has 2 aliphatic heterocycles. The van der Waals surface area contributed by atoms with Crippen molar-refractivity contribution in [2.24, 2.45) is 0 Å². The lowest BCUT2D eigenvalue weighted by atomic mass is 10.2. The molecule has 2 fully saturated rings. The van der Waals surface area contributed by atoms with E-state index in [9.17, 15) is 9.59 Å². The van der Waals surface area contributed by atoms with Crippen LogP contribution < -0.4 is 5.32 Å². The van der Waals surface area contributed by atoms with Crippen molar-refractivity contribution in [2.45, 2.75) is 19.0 Å². The predicted molar refractivity (Wildman–Crippen MR) is 87.7 cm³/mol. The van der Waals surface area contributed by atoms with Crippen molar-refractivity contribution < 1.29 is 9.59 Å². The monoisotopic (exact) mass is 319 g/mol. The second-order valence-corrected chi connectivity index (χ2v) is 6.86. The summed E-state index contributed by atoms with van der Waals surface area (Å²) in [6, 6.07) is 10.6. The van der Waals surface area contributed by atoms with Gasteiger partial charge in [0.15, 0.2) is 0 Å². The Bertz CT molecular complexity index is 537. The van der Waals surface area contributed by atoms with Gasteiger partial charge in [-0.25, -0.2) is 0 Å². The minimum absolute atomic E-state index is 0.0206. The molecular formula is C16H21N3O2S. The first-order valence-electron chi connectivity index (χ1n) is 7.68. The van der Waals surface area contributed by atoms with Crippen LogP contribution in [-0.4, -0.2) is 58.9 Å². The van der Waals surface area contributed by atoms with Crippen LogP contribution >= 0.6 is 11.8 Å². The van der Waals surface area contributed by atoms with Gasteiger partial charge in [-0.15, -0.1) is 0 Å². The average Bonchev–Trinajstić information content (AvgIpc) is 3.10. The zero-order valence-electron chi connectivity index (χ0n) is 12.5. The van der Waals surface area contributed by atoms with E-state index >= 15 is 0 Å². The van der Waals surface area contributed by atoms with Gasteiger partial charge in [-0.3, -0.25) is 14.5 Å². The Kier molecular flexibility index (Phi) is 5.00. The van der Waals surface area contributed by atoms with E-state index in [-0.39, 0.29) is 23.7 Å². The SMILES string of the molecule is O=C(CN1CCSC1=O)NC1CCN(Cc2ccccc2)C1. The number of carbonyl (C=O) groups excluding carboxylic acids is 2. The highest BCUT2D eigenvalue weighted by molar-refractivity contribution is 8.13. The summed E-state index contributed by atoms with van der Waals surface area (Å²) in [4.78, 5) is 27.5. The van der Waals surface area contributed by atoms with Crippen molar-refractivity contribution in [1.29, 1.82) is 0 Å². The fourth-order valence-corrected chi connectivity index (χ4v) is 3.78. The van der Waals surface area contributed by atoms with Crippen molar-refractivity contribution in [3.8, 4) is 0 Å². The smallest absolute Gasteiger partial charge is 0.282 e. The molecule has 1 unspecified atom stereocenters. The van der Waals surface area contributed by atoms with Crippen molar-refractivity contribution in [3.05, 3.63) is 35.9 Å². The maximum atomic E-state index is 12.0. The van der Waals surface area contributed by atoms with Gasteiger partial charge in [-0.1, -0.05) is 42.1 Å². The van der Waals surface area contributed by atoms with Crippen molar-refractivity contribution >= 4 is 22.9 Å². The van der Waals surface area contributed by atoms with E-state index in [1.165, 1.54) is 17.3 Å². The molecule has 2 amide bonds. The highest BCUT2D eigenvalue weighted by atomic mass is 32.2. The number of nitrogens with one attached hydrogen (secondary N) is 1. The Morgan fingerprint density at radius 2 is 2.09 bits per heavy atom. The van der Waals surface area contributed by atoms with Gasteiger partial charge in [0.05, 0.1) is 0 Å². The first-order valence-corrected chi connectivity index (χ1v) is 8.66. The molecule has 0 saturated carbocycles. The molecule has 2 aliphatic rings. The van der Waals surface area contributed by atoms with Gasteiger partial charge in [-0.05, 0) is 12.0 Å². The minimum Gasteiger partial charge on any atom is -0.350 e. The van der Waals surface area contributed by atoms with Crippen molar-refractivity contribution in [3.63, 3.8) is 0 Å². The summed E-state index contributed by atoms with van der Waals surface area (Å²) in [6.45, 7) is 3.68. The molecule has 1 aromatic carbocycles. The zero-order chi connectivity index (χ0) is 15.4. The molecule has 1 aromatic rings. The number of likely N-dealkylation sites (tertiary alicyclic amines) is 1. The molecule has 6 heteroatoms. The topological polar surface area (TPSA) is 52.7 Å². The van der Waals surface area contributed by atoms with E-state index in [1.807, 2.05) is 6.07 Å². The van der Waals surface area contributed by atoms with Crippen LogP contribution in [0.3, 0.4) is 0 Å². The van der Waals surface area contributed by atoms with Crippen LogP contribution in [0.1, 0.15) is 12.0 Å². The Morgan fingerprint density at radius 1 is 1.27 bits per heavy atom. The zero-order valence-corrected chi connectivity index (χ0v) is 13.3. The number of hydrogen-bond donors (Lipinski definition) is 1. The van der Waals surface area contributed by atoms with Crippen LogP contribution in [0.2, 0.25) is 0 Å². The molecule has 5 nitrogen and oxygen atoms in total. The summed E-state index contributed by atoms with van der Waals surface area (Å²) in [5, 5.41) is 3.08. The Balaban J connectivity index is 1.42. The molecule has 0 aliphatic carbocycles. The molecule has 0 aromatic heterocycles. The van der Waals surface area contributed by atoms with Gasteiger partial charge < -0.3 is 10.2 Å². The first kappa shape index (κ1) is 15.4. The minimum atomic E-state index is -0.0394. The molecule has 1 atom stereocenters. The molecule has 0 radical (unpaired) electrons. The number of carbonyl (C=O) groups is 2. The van der Waals surface area contributed by atoms with E-state index < -0.39 is 0 Å². The van der Waals surface area contributed by atoms with Crippen LogP contribution in [0.15, 0.2) is 30.3 Å². The van der Waals surface area contributed by atoms with Crippen LogP contribution in [-0.2, 0) is 11.3 Å². The second-order valence-electron chi connectivity index (χ2n) is 5.81. The van der Waals surface area contributed by atoms with Gasteiger partial charge in [-0.2, -0.15) is 0 Å². The lowest BCUT2D eigenvalue weighted by Gasteiger charge is -2.18. The number of benzene rings is 1. The largest absolute Gasteiger partial charge is 0.350 e. The third-order valence-corrected chi connectivity index (χ3v) is 4.96. The Hall–Kier alpha value is -1.53. The molecular weight excluding hydrogens is 298 g/mol. The predicted octanol–water partition coefficient (Wildman–Crippen LogP) is 1.55. The fraction of sp³-hybridized carbons (Fsp3) is 0.500. The van der Waals surface area contributed by atoms with Gasteiger partial charge in [0, 0.05) is 38.0 Å². The van der Waals surface area contributed by atoms with Crippen LogP contribution in [0.4, 0.5) is 4.79 Å². The van der Waals surface area contributed by atoms with Crippen LogP contribution in [0, 0.1) is 0 Å². The molecule has 118 valence electrons. The standard InChI is InChI=1S/C16H21N3O2S/c20-15(12-19-8-9-22-16(19)21)17-14-6-7-18(11-14)10-13-4-2-1-3-5-13/h1-5,14H,6-12H2,(H,17,20). The summed E-state index contributed by atoms with van der Waals surface area (Å²) in [5.74, 6) is 0.753. The third kappa shape index (κ3) is 4.01. The van der Waals surface area contributed by atoms with E-state index in [4.69, 9.17) is 0 Å². The highest BCUT2D eigenvalue weighted by Crippen LogP contribution is 2.17. The number of rotatable bonds is 5. The summed E-state index contributed by atoms with van der Waals surface area (Å²) < 4.78 is 0. The number of hydrogen-bond acceptors (Lipinski definition) is 4. The maximum absolute atomic E-state index is 12.0. The normalized spacial score (nSPS) is 22.3. The Morgan fingerprint density at radius 3 is 2.82 bits per heavy atom. The summed E-state index contributed by atoms with van der Waals surface area (Å²) in [7, 11) is 0. The van der Waals surface area contributed by atoms with Gasteiger partial charge >= 0.3 is 0 Å². The Labute approximate surface area is 135 Å².